The van der Waals surface area contributed by atoms with Crippen LogP contribution in [-0.4, -0.2) is 68.3 Å². The Hall–Kier alpha value is -0.820. The zero-order chi connectivity index (χ0) is 12.2. The Labute approximate surface area is 91.9 Å². The predicted molar refractivity (Wildman–Crippen MR) is 51.0 cm³/mol. The second-order valence-corrected chi connectivity index (χ2v) is 3.79. The summed E-state index contributed by atoms with van der Waals surface area (Å²) in [7, 11) is 1.93. The van der Waals surface area contributed by atoms with Crippen LogP contribution in [0.1, 0.15) is 0 Å². The van der Waals surface area contributed by atoms with Gasteiger partial charge in [0, 0.05) is 26.2 Å². The monoisotopic (exact) mass is 240 g/mol. The summed E-state index contributed by atoms with van der Waals surface area (Å²) >= 11 is 0. The third kappa shape index (κ3) is 4.80. The fourth-order valence-corrected chi connectivity index (χ4v) is 1.40. The minimum Gasteiger partial charge on any atom is -0.362 e. The van der Waals surface area contributed by atoms with Crippen molar-refractivity contribution in [3.63, 3.8) is 0 Å². The lowest BCUT2D eigenvalue weighted by molar-refractivity contribution is -0.178. The average molecular weight is 240 g/mol. The SMILES string of the molecule is CN1CCN(C(=O)COCC(F)(F)F)CC1. The van der Waals surface area contributed by atoms with Crippen molar-refractivity contribution in [3.05, 3.63) is 0 Å². The van der Waals surface area contributed by atoms with Gasteiger partial charge in [0.2, 0.25) is 5.91 Å². The molecule has 0 aromatic heterocycles. The van der Waals surface area contributed by atoms with Crippen LogP contribution in [0.2, 0.25) is 0 Å². The van der Waals surface area contributed by atoms with Crippen LogP contribution in [0.25, 0.3) is 0 Å². The Bertz CT molecular complexity index is 237. The lowest BCUT2D eigenvalue weighted by atomic mass is 10.3. The fourth-order valence-electron chi connectivity index (χ4n) is 1.40. The number of piperazine rings is 1. The number of alkyl halides is 3. The lowest BCUT2D eigenvalue weighted by Crippen LogP contribution is -2.48. The lowest BCUT2D eigenvalue weighted by Gasteiger charge is -2.32. The first kappa shape index (κ1) is 13.2. The first-order chi connectivity index (χ1) is 7.38. The van der Waals surface area contributed by atoms with E-state index in [0.717, 1.165) is 13.1 Å². The van der Waals surface area contributed by atoms with Crippen molar-refractivity contribution in [2.24, 2.45) is 0 Å². The molecule has 1 amide bonds. The number of hydrogen-bond donors (Lipinski definition) is 0. The molecule has 0 saturated carbocycles. The van der Waals surface area contributed by atoms with Gasteiger partial charge in [0.15, 0.2) is 0 Å². The first-order valence-electron chi connectivity index (χ1n) is 4.99. The highest BCUT2D eigenvalue weighted by molar-refractivity contribution is 5.77. The van der Waals surface area contributed by atoms with E-state index in [2.05, 4.69) is 9.64 Å². The molecule has 0 atom stereocenters. The number of amides is 1. The number of rotatable bonds is 3. The molecule has 7 heteroatoms. The summed E-state index contributed by atoms with van der Waals surface area (Å²) in [5.41, 5.74) is 0. The van der Waals surface area contributed by atoms with E-state index in [1.54, 1.807) is 0 Å². The van der Waals surface area contributed by atoms with Gasteiger partial charge in [-0.3, -0.25) is 4.79 Å². The van der Waals surface area contributed by atoms with Gasteiger partial charge in [-0.1, -0.05) is 0 Å². The Kier molecular flexibility index (Phi) is 4.55. The largest absolute Gasteiger partial charge is 0.411 e. The minimum absolute atomic E-state index is 0.377. The standard InChI is InChI=1S/C9H15F3N2O2/c1-13-2-4-14(5-3-13)8(15)6-16-7-9(10,11)12/h2-7H2,1H3. The maximum absolute atomic E-state index is 11.7. The number of nitrogens with zero attached hydrogens (tertiary/aromatic N) is 2. The first-order valence-corrected chi connectivity index (χ1v) is 4.99. The molecule has 0 aliphatic carbocycles. The Morgan fingerprint density at radius 2 is 1.81 bits per heavy atom. The fraction of sp³-hybridized carbons (Fsp3) is 0.889. The third-order valence-electron chi connectivity index (χ3n) is 2.35. The number of hydrogen-bond acceptors (Lipinski definition) is 3. The Morgan fingerprint density at radius 1 is 1.25 bits per heavy atom. The summed E-state index contributed by atoms with van der Waals surface area (Å²) in [5.74, 6) is -0.377. The third-order valence-corrected chi connectivity index (χ3v) is 2.35. The zero-order valence-electron chi connectivity index (χ0n) is 9.09. The van der Waals surface area contributed by atoms with Crippen LogP contribution in [0, 0.1) is 0 Å². The van der Waals surface area contributed by atoms with Crippen LogP contribution in [0.3, 0.4) is 0 Å². The van der Waals surface area contributed by atoms with Gasteiger partial charge in [-0.2, -0.15) is 13.2 Å². The molecule has 1 fully saturated rings. The van der Waals surface area contributed by atoms with Crippen LogP contribution in [0.5, 0.6) is 0 Å². The van der Waals surface area contributed by atoms with E-state index in [1.807, 2.05) is 7.05 Å². The van der Waals surface area contributed by atoms with E-state index in [0.29, 0.717) is 13.1 Å². The molecule has 0 unspecified atom stereocenters. The molecule has 4 nitrogen and oxygen atoms in total. The van der Waals surface area contributed by atoms with Gasteiger partial charge in [-0.25, -0.2) is 0 Å². The molecule has 0 N–H and O–H groups in total. The molecule has 0 radical (unpaired) electrons. The maximum atomic E-state index is 11.7. The molecule has 1 rings (SSSR count). The average Bonchev–Trinajstić information content (AvgIpc) is 2.16. The number of carbonyl (C=O) groups excluding carboxylic acids is 1. The van der Waals surface area contributed by atoms with Crippen molar-refractivity contribution < 1.29 is 22.7 Å². The van der Waals surface area contributed by atoms with Crippen LogP contribution in [0.4, 0.5) is 13.2 Å². The van der Waals surface area contributed by atoms with Crippen LogP contribution < -0.4 is 0 Å². The van der Waals surface area contributed by atoms with Crippen molar-refractivity contribution in [1.29, 1.82) is 0 Å². The maximum Gasteiger partial charge on any atom is 0.411 e. The summed E-state index contributed by atoms with van der Waals surface area (Å²) in [6, 6.07) is 0. The van der Waals surface area contributed by atoms with Crippen molar-refractivity contribution in [3.8, 4) is 0 Å². The molecule has 0 aromatic carbocycles. The number of halogens is 3. The highest BCUT2D eigenvalue weighted by Gasteiger charge is 2.28. The van der Waals surface area contributed by atoms with E-state index in [9.17, 15) is 18.0 Å². The molecule has 1 aliphatic rings. The molecular formula is C9H15F3N2O2. The molecular weight excluding hydrogens is 225 g/mol. The smallest absolute Gasteiger partial charge is 0.362 e. The summed E-state index contributed by atoms with van der Waals surface area (Å²) in [4.78, 5) is 15.0. The van der Waals surface area contributed by atoms with Crippen molar-refractivity contribution >= 4 is 5.91 Å². The van der Waals surface area contributed by atoms with Gasteiger partial charge in [0.25, 0.3) is 0 Å². The quantitative estimate of drug-likeness (QED) is 0.713. The summed E-state index contributed by atoms with van der Waals surface area (Å²) < 4.78 is 39.5. The van der Waals surface area contributed by atoms with E-state index < -0.39 is 19.4 Å². The van der Waals surface area contributed by atoms with Crippen LogP contribution in [-0.2, 0) is 9.53 Å². The van der Waals surface area contributed by atoms with Gasteiger partial charge in [-0.05, 0) is 7.05 Å². The number of ether oxygens (including phenoxy) is 1. The van der Waals surface area contributed by atoms with E-state index >= 15 is 0 Å². The highest BCUT2D eigenvalue weighted by atomic mass is 19.4. The molecule has 0 aromatic rings. The van der Waals surface area contributed by atoms with E-state index in [-0.39, 0.29) is 5.91 Å². The number of carbonyl (C=O) groups is 1. The van der Waals surface area contributed by atoms with Crippen molar-refractivity contribution in [1.82, 2.24) is 9.80 Å². The molecule has 94 valence electrons. The van der Waals surface area contributed by atoms with Gasteiger partial charge in [-0.15, -0.1) is 0 Å². The zero-order valence-corrected chi connectivity index (χ0v) is 9.09. The second-order valence-electron chi connectivity index (χ2n) is 3.79. The summed E-state index contributed by atoms with van der Waals surface area (Å²) in [6.07, 6.45) is -4.37. The molecule has 0 spiro atoms. The van der Waals surface area contributed by atoms with Crippen molar-refractivity contribution in [2.75, 3.05) is 46.4 Å². The van der Waals surface area contributed by atoms with Gasteiger partial charge < -0.3 is 14.5 Å². The van der Waals surface area contributed by atoms with Gasteiger partial charge in [0.05, 0.1) is 0 Å². The molecule has 1 heterocycles. The van der Waals surface area contributed by atoms with Crippen molar-refractivity contribution in [2.45, 2.75) is 6.18 Å². The Balaban J connectivity index is 2.20. The van der Waals surface area contributed by atoms with Crippen LogP contribution in [0.15, 0.2) is 0 Å². The molecule has 1 saturated heterocycles. The second kappa shape index (κ2) is 5.49. The Morgan fingerprint density at radius 3 is 2.31 bits per heavy atom. The normalized spacial score (nSPS) is 18.9. The van der Waals surface area contributed by atoms with E-state index in [4.69, 9.17) is 0 Å². The summed E-state index contributed by atoms with van der Waals surface area (Å²) in [5, 5.41) is 0. The predicted octanol–water partition coefficient (Wildman–Crippen LogP) is 0.339. The molecule has 0 bridgehead atoms. The number of likely N-dealkylation sites (N-methyl/N-ethyl adjacent to an activating group) is 1. The summed E-state index contributed by atoms with van der Waals surface area (Å²) in [6.45, 7) is 0.709. The minimum atomic E-state index is -4.37. The van der Waals surface area contributed by atoms with Crippen LogP contribution >= 0.6 is 0 Å². The van der Waals surface area contributed by atoms with Gasteiger partial charge in [0.1, 0.15) is 13.2 Å². The highest BCUT2D eigenvalue weighted by Crippen LogP contribution is 2.14. The van der Waals surface area contributed by atoms with Gasteiger partial charge >= 0.3 is 6.18 Å². The topological polar surface area (TPSA) is 32.8 Å². The molecule has 1 aliphatic heterocycles. The van der Waals surface area contributed by atoms with E-state index in [1.165, 1.54) is 4.90 Å². The molecule has 16 heavy (non-hydrogen) atoms.